The van der Waals surface area contributed by atoms with Gasteiger partial charge in [0, 0.05) is 11.8 Å². The van der Waals surface area contributed by atoms with E-state index in [1.807, 2.05) is 20.0 Å². The molecule has 2 nitrogen and oxygen atoms in total. The Hall–Kier alpha value is -1.07. The van der Waals surface area contributed by atoms with Gasteiger partial charge in [-0.25, -0.2) is 0 Å². The van der Waals surface area contributed by atoms with E-state index in [4.69, 9.17) is 0 Å². The Morgan fingerprint density at radius 1 is 1.20 bits per heavy atom. The van der Waals surface area contributed by atoms with E-state index < -0.39 is 0 Å². The molecule has 0 aromatic carbocycles. The fourth-order valence-corrected chi connectivity index (χ4v) is 0.379. The lowest BCUT2D eigenvalue weighted by atomic mass is 10.1. The fraction of sp³-hybridized carbons (Fsp3) is 0. The Morgan fingerprint density at radius 3 is 2.00 bits per heavy atom. The lowest BCUT2D eigenvalue weighted by molar-refractivity contribution is 1.06. The predicted molar refractivity (Wildman–Crippen MR) is 37.7 cm³/mol. The zero-order valence-corrected chi connectivity index (χ0v) is 5.35. The van der Waals surface area contributed by atoms with Gasteiger partial charge in [0.15, 0.2) is 7.85 Å². The van der Waals surface area contributed by atoms with Gasteiger partial charge in [-0.05, 0) is 12.1 Å². The van der Waals surface area contributed by atoms with Crippen molar-refractivity contribution in [3.05, 3.63) is 18.3 Å². The molecule has 0 amide bonds. The molecule has 0 fully saturated rings. The number of nitrogens with zero attached hydrogens (tertiary/aromatic N) is 2. The third-order valence-electron chi connectivity index (χ3n) is 0.706. The van der Waals surface area contributed by atoms with Crippen molar-refractivity contribution in [2.45, 2.75) is 0 Å². The van der Waals surface area contributed by atoms with Gasteiger partial charge in [-0.1, -0.05) is 0 Å². The van der Waals surface area contributed by atoms with Gasteiger partial charge in [-0.3, -0.25) is 14.1 Å². The third-order valence-corrected chi connectivity index (χ3v) is 0.706. The SMILES string of the molecule is Bc1cccnn1.F.F.F. The van der Waals surface area contributed by atoms with E-state index in [1.165, 1.54) is 0 Å². The standard InChI is InChI=1S/C4H5BN2.3FH/c5-4-2-1-3-6-7-4;;;/h1-3H,5H2;3*1H. The van der Waals surface area contributed by atoms with Crippen molar-refractivity contribution in [3.63, 3.8) is 0 Å². The van der Waals surface area contributed by atoms with Crippen molar-refractivity contribution in [2.75, 3.05) is 0 Å². The van der Waals surface area contributed by atoms with Gasteiger partial charge >= 0.3 is 0 Å². The van der Waals surface area contributed by atoms with Gasteiger partial charge in [0.25, 0.3) is 0 Å². The fourth-order valence-electron chi connectivity index (χ4n) is 0.379. The monoisotopic (exact) mass is 152 g/mol. The van der Waals surface area contributed by atoms with E-state index in [2.05, 4.69) is 10.2 Å². The van der Waals surface area contributed by atoms with E-state index in [9.17, 15) is 0 Å². The summed E-state index contributed by atoms with van der Waals surface area (Å²) in [6.07, 6.45) is 1.66. The Balaban J connectivity index is -0.000000163. The maximum Gasteiger partial charge on any atom is 0.166 e. The van der Waals surface area contributed by atoms with E-state index >= 15 is 0 Å². The Kier molecular flexibility index (Phi) is 12.7. The molecule has 1 aromatic heterocycles. The van der Waals surface area contributed by atoms with Crippen LogP contribution in [0.3, 0.4) is 0 Å². The van der Waals surface area contributed by atoms with Crippen LogP contribution >= 0.6 is 0 Å². The summed E-state index contributed by atoms with van der Waals surface area (Å²) in [5.74, 6) is 0. The van der Waals surface area contributed by atoms with Gasteiger partial charge in [0.2, 0.25) is 0 Å². The zero-order chi connectivity index (χ0) is 5.11. The van der Waals surface area contributed by atoms with Crippen molar-refractivity contribution < 1.29 is 14.1 Å². The summed E-state index contributed by atoms with van der Waals surface area (Å²) in [6.45, 7) is 0. The van der Waals surface area contributed by atoms with E-state index in [0.717, 1.165) is 5.59 Å². The first-order valence-electron chi connectivity index (χ1n) is 2.14. The van der Waals surface area contributed by atoms with Crippen LogP contribution in [-0.4, -0.2) is 18.0 Å². The molecule has 0 atom stereocenters. The molecular formula is C4H8BF3N2. The molecule has 6 heteroatoms. The molecule has 58 valence electrons. The molecule has 0 saturated heterocycles. The van der Waals surface area contributed by atoms with Crippen molar-refractivity contribution in [2.24, 2.45) is 0 Å². The summed E-state index contributed by atoms with van der Waals surface area (Å²) in [5.41, 5.74) is 0.961. The van der Waals surface area contributed by atoms with Gasteiger partial charge in [0.1, 0.15) is 0 Å². The van der Waals surface area contributed by atoms with E-state index in [1.54, 1.807) is 6.20 Å². The Bertz CT molecular complexity index is 148. The highest BCUT2D eigenvalue weighted by Crippen LogP contribution is 1.65. The first-order valence-corrected chi connectivity index (χ1v) is 2.14. The molecule has 0 bridgehead atoms. The number of hydrogen-bond acceptors (Lipinski definition) is 2. The third kappa shape index (κ3) is 5.08. The summed E-state index contributed by atoms with van der Waals surface area (Å²) >= 11 is 0. The summed E-state index contributed by atoms with van der Waals surface area (Å²) < 4.78 is 0. The van der Waals surface area contributed by atoms with Crippen LogP contribution in [0.15, 0.2) is 18.3 Å². The average molecular weight is 152 g/mol. The van der Waals surface area contributed by atoms with E-state index in [0.29, 0.717) is 0 Å². The van der Waals surface area contributed by atoms with E-state index in [-0.39, 0.29) is 14.1 Å². The van der Waals surface area contributed by atoms with Crippen LogP contribution in [0.1, 0.15) is 0 Å². The van der Waals surface area contributed by atoms with Gasteiger partial charge in [0.05, 0.1) is 0 Å². The molecular weight excluding hydrogens is 144 g/mol. The van der Waals surface area contributed by atoms with Gasteiger partial charge in [-0.15, -0.1) is 0 Å². The zero-order valence-electron chi connectivity index (χ0n) is 5.35. The second kappa shape index (κ2) is 7.93. The molecule has 0 N–H and O–H groups in total. The molecule has 0 radical (unpaired) electrons. The first-order chi connectivity index (χ1) is 3.39. The summed E-state index contributed by atoms with van der Waals surface area (Å²) in [4.78, 5) is 0. The van der Waals surface area contributed by atoms with Crippen LogP contribution in [0, 0.1) is 0 Å². The molecule has 0 spiro atoms. The molecule has 0 saturated carbocycles. The van der Waals surface area contributed by atoms with Crippen molar-refractivity contribution in [3.8, 4) is 0 Å². The largest absolute Gasteiger partial charge is 0.269 e. The second-order valence-corrected chi connectivity index (χ2v) is 1.37. The summed E-state index contributed by atoms with van der Waals surface area (Å²) in [7, 11) is 1.91. The lowest BCUT2D eigenvalue weighted by Crippen LogP contribution is -2.07. The second-order valence-electron chi connectivity index (χ2n) is 1.37. The smallest absolute Gasteiger partial charge is 0.166 e. The number of hydrogen-bond donors (Lipinski definition) is 0. The van der Waals surface area contributed by atoms with Gasteiger partial charge < -0.3 is 0 Å². The van der Waals surface area contributed by atoms with Crippen LogP contribution in [0.25, 0.3) is 0 Å². The van der Waals surface area contributed by atoms with Crippen LogP contribution in [0.4, 0.5) is 14.1 Å². The number of aromatic nitrogens is 2. The molecule has 1 heterocycles. The molecule has 0 aliphatic carbocycles. The number of halogens is 3. The van der Waals surface area contributed by atoms with Crippen molar-refractivity contribution >= 4 is 13.4 Å². The minimum atomic E-state index is 0. The van der Waals surface area contributed by atoms with Crippen LogP contribution in [0.5, 0.6) is 0 Å². The molecule has 0 aliphatic rings. The quantitative estimate of drug-likeness (QED) is 0.454. The molecule has 10 heavy (non-hydrogen) atoms. The molecule has 1 aromatic rings. The molecule has 0 aliphatic heterocycles. The topological polar surface area (TPSA) is 25.8 Å². The molecule has 1 rings (SSSR count). The normalized spacial score (nSPS) is 6.00. The average Bonchev–Trinajstić information content (AvgIpc) is 1.69. The Labute approximate surface area is 57.2 Å². The van der Waals surface area contributed by atoms with Crippen LogP contribution in [-0.2, 0) is 0 Å². The van der Waals surface area contributed by atoms with Crippen molar-refractivity contribution in [1.82, 2.24) is 10.2 Å². The first kappa shape index (κ1) is 16.0. The lowest BCUT2D eigenvalue weighted by Gasteiger charge is -1.80. The maximum atomic E-state index is 3.73. The minimum Gasteiger partial charge on any atom is -0.269 e. The van der Waals surface area contributed by atoms with Gasteiger partial charge in [-0.2, -0.15) is 10.2 Å². The predicted octanol–water partition coefficient (Wildman–Crippen LogP) is -0.807. The Morgan fingerprint density at radius 2 is 1.80 bits per heavy atom. The highest BCUT2D eigenvalue weighted by molar-refractivity contribution is 6.30. The summed E-state index contributed by atoms with van der Waals surface area (Å²) in [5, 5.41) is 7.36. The van der Waals surface area contributed by atoms with Crippen LogP contribution < -0.4 is 5.59 Å². The number of rotatable bonds is 0. The summed E-state index contributed by atoms with van der Waals surface area (Å²) in [6, 6.07) is 3.77. The minimum absolute atomic E-state index is 0. The van der Waals surface area contributed by atoms with Crippen LogP contribution in [0.2, 0.25) is 0 Å². The maximum absolute atomic E-state index is 3.73. The highest BCUT2D eigenvalue weighted by atomic mass is 19.0. The highest BCUT2D eigenvalue weighted by Gasteiger charge is 1.75. The molecule has 0 unspecified atom stereocenters. The van der Waals surface area contributed by atoms with Crippen molar-refractivity contribution in [1.29, 1.82) is 0 Å².